The molecule has 0 aliphatic carbocycles. The quantitative estimate of drug-likeness (QED) is 0.743. The van der Waals surface area contributed by atoms with E-state index in [1.54, 1.807) is 30.7 Å². The van der Waals surface area contributed by atoms with Crippen LogP contribution in [-0.2, 0) is 13.1 Å². The van der Waals surface area contributed by atoms with Gasteiger partial charge in [-0.05, 0) is 42.3 Å². The predicted octanol–water partition coefficient (Wildman–Crippen LogP) is 3.87. The van der Waals surface area contributed by atoms with E-state index in [0.717, 1.165) is 22.4 Å². The van der Waals surface area contributed by atoms with Crippen LogP contribution in [0.5, 0.6) is 0 Å². The van der Waals surface area contributed by atoms with Crippen molar-refractivity contribution in [2.75, 3.05) is 12.4 Å². The van der Waals surface area contributed by atoms with Gasteiger partial charge in [0, 0.05) is 49.3 Å². The summed E-state index contributed by atoms with van der Waals surface area (Å²) in [5, 5.41) is 3.38. The Morgan fingerprint density at radius 2 is 2.08 bits per heavy atom. The molecule has 0 spiro atoms. The van der Waals surface area contributed by atoms with Crippen molar-refractivity contribution >= 4 is 11.6 Å². The third-order valence-electron chi connectivity index (χ3n) is 4.12. The summed E-state index contributed by atoms with van der Waals surface area (Å²) in [6, 6.07) is 11.5. The maximum Gasteiger partial charge on any atom is 0.254 e. The fourth-order valence-electron chi connectivity index (χ4n) is 2.69. The Balaban J connectivity index is 1.72. The van der Waals surface area contributed by atoms with E-state index in [0.29, 0.717) is 18.7 Å². The van der Waals surface area contributed by atoms with E-state index in [-0.39, 0.29) is 5.91 Å². The van der Waals surface area contributed by atoms with Crippen molar-refractivity contribution < 1.29 is 9.21 Å². The number of aromatic nitrogens is 1. The molecule has 0 unspecified atom stereocenters. The molecule has 5 heteroatoms. The lowest BCUT2D eigenvalue weighted by atomic mass is 10.0. The normalized spacial score (nSPS) is 10.5. The maximum atomic E-state index is 12.8. The minimum absolute atomic E-state index is 0.0104. The molecule has 1 N–H and O–H groups in total. The Hall–Kier alpha value is -3.08. The highest BCUT2D eigenvalue weighted by atomic mass is 16.3. The molecule has 25 heavy (non-hydrogen) atoms. The second-order valence-corrected chi connectivity index (χ2v) is 5.99. The lowest BCUT2D eigenvalue weighted by Gasteiger charge is -2.19. The Kier molecular flexibility index (Phi) is 5.14. The molecule has 2 heterocycles. The third kappa shape index (κ3) is 4.07. The summed E-state index contributed by atoms with van der Waals surface area (Å²) in [5.41, 5.74) is 4.65. The number of amides is 1. The molecule has 0 fully saturated rings. The molecule has 3 aromatic rings. The zero-order valence-electron chi connectivity index (χ0n) is 14.4. The van der Waals surface area contributed by atoms with E-state index in [9.17, 15) is 4.79 Å². The van der Waals surface area contributed by atoms with Crippen LogP contribution in [0.25, 0.3) is 0 Å². The van der Waals surface area contributed by atoms with Gasteiger partial charge in [0.05, 0.1) is 12.5 Å². The van der Waals surface area contributed by atoms with Gasteiger partial charge in [-0.25, -0.2) is 0 Å². The first-order valence-electron chi connectivity index (χ1n) is 8.14. The summed E-state index contributed by atoms with van der Waals surface area (Å²) in [6.07, 6.45) is 6.85. The van der Waals surface area contributed by atoms with E-state index < -0.39 is 0 Å². The SMILES string of the molecule is Cc1c(NCc2cccnc2)cccc1C(=O)N(C)Cc1ccoc1. The number of nitrogens with zero attached hydrogens (tertiary/aromatic N) is 2. The molecular weight excluding hydrogens is 314 g/mol. The van der Waals surface area contributed by atoms with Crippen LogP contribution in [0.15, 0.2) is 65.7 Å². The maximum absolute atomic E-state index is 12.8. The molecule has 0 atom stereocenters. The van der Waals surface area contributed by atoms with E-state index in [2.05, 4.69) is 10.3 Å². The van der Waals surface area contributed by atoms with E-state index in [1.807, 2.05) is 49.5 Å². The second-order valence-electron chi connectivity index (χ2n) is 5.99. The summed E-state index contributed by atoms with van der Waals surface area (Å²) in [4.78, 5) is 18.6. The highest BCUT2D eigenvalue weighted by molar-refractivity contribution is 5.96. The van der Waals surface area contributed by atoms with Crippen molar-refractivity contribution in [1.82, 2.24) is 9.88 Å². The van der Waals surface area contributed by atoms with Gasteiger partial charge in [0.25, 0.3) is 5.91 Å². The lowest BCUT2D eigenvalue weighted by molar-refractivity contribution is 0.0784. The van der Waals surface area contributed by atoms with Gasteiger partial charge < -0.3 is 14.6 Å². The largest absolute Gasteiger partial charge is 0.472 e. The van der Waals surface area contributed by atoms with Crippen LogP contribution in [-0.4, -0.2) is 22.8 Å². The number of hydrogen-bond acceptors (Lipinski definition) is 4. The molecule has 1 amide bonds. The number of carbonyl (C=O) groups excluding carboxylic acids is 1. The summed E-state index contributed by atoms with van der Waals surface area (Å²) in [6.45, 7) is 3.14. The first-order chi connectivity index (χ1) is 12.1. The molecule has 1 aromatic carbocycles. The fraction of sp³-hybridized carbons (Fsp3) is 0.200. The van der Waals surface area contributed by atoms with Gasteiger partial charge in [-0.15, -0.1) is 0 Å². The monoisotopic (exact) mass is 335 g/mol. The number of rotatable bonds is 6. The summed E-state index contributed by atoms with van der Waals surface area (Å²) in [5.74, 6) is -0.0104. The smallest absolute Gasteiger partial charge is 0.254 e. The minimum Gasteiger partial charge on any atom is -0.472 e. The van der Waals surface area contributed by atoms with E-state index in [1.165, 1.54) is 0 Å². The lowest BCUT2D eigenvalue weighted by Crippen LogP contribution is -2.26. The van der Waals surface area contributed by atoms with Gasteiger partial charge >= 0.3 is 0 Å². The van der Waals surface area contributed by atoms with Crippen LogP contribution in [0, 0.1) is 6.92 Å². The third-order valence-corrected chi connectivity index (χ3v) is 4.12. The van der Waals surface area contributed by atoms with Crippen LogP contribution >= 0.6 is 0 Å². The molecule has 0 aliphatic heterocycles. The van der Waals surface area contributed by atoms with Gasteiger partial charge in [0.1, 0.15) is 0 Å². The fourth-order valence-corrected chi connectivity index (χ4v) is 2.69. The van der Waals surface area contributed by atoms with Crippen molar-refractivity contribution in [1.29, 1.82) is 0 Å². The van der Waals surface area contributed by atoms with Gasteiger partial charge in [-0.1, -0.05) is 12.1 Å². The van der Waals surface area contributed by atoms with Crippen molar-refractivity contribution in [3.63, 3.8) is 0 Å². The Morgan fingerprint density at radius 1 is 1.20 bits per heavy atom. The van der Waals surface area contributed by atoms with Crippen molar-refractivity contribution in [2.45, 2.75) is 20.0 Å². The van der Waals surface area contributed by atoms with Gasteiger partial charge in [-0.3, -0.25) is 9.78 Å². The number of hydrogen-bond donors (Lipinski definition) is 1. The Bertz CT molecular complexity index is 829. The molecule has 128 valence electrons. The zero-order valence-corrected chi connectivity index (χ0v) is 14.4. The molecular formula is C20H21N3O2. The number of anilines is 1. The van der Waals surface area contributed by atoms with Gasteiger partial charge in [0.2, 0.25) is 0 Å². The van der Waals surface area contributed by atoms with Gasteiger partial charge in [0.15, 0.2) is 0 Å². The second kappa shape index (κ2) is 7.66. The number of pyridine rings is 1. The zero-order chi connectivity index (χ0) is 17.6. The van der Waals surface area contributed by atoms with Crippen molar-refractivity contribution in [2.24, 2.45) is 0 Å². The molecule has 0 radical (unpaired) electrons. The molecule has 0 saturated heterocycles. The Labute approximate surface area is 147 Å². The van der Waals surface area contributed by atoms with Crippen LogP contribution in [0.1, 0.15) is 27.0 Å². The summed E-state index contributed by atoms with van der Waals surface area (Å²) >= 11 is 0. The summed E-state index contributed by atoms with van der Waals surface area (Å²) < 4.78 is 5.06. The average molecular weight is 335 g/mol. The topological polar surface area (TPSA) is 58.4 Å². The van der Waals surface area contributed by atoms with Crippen LogP contribution in [0.2, 0.25) is 0 Å². The van der Waals surface area contributed by atoms with Crippen LogP contribution in [0.3, 0.4) is 0 Å². The molecule has 5 nitrogen and oxygen atoms in total. The van der Waals surface area contributed by atoms with Crippen LogP contribution < -0.4 is 5.32 Å². The van der Waals surface area contributed by atoms with E-state index in [4.69, 9.17) is 4.42 Å². The highest BCUT2D eigenvalue weighted by Crippen LogP contribution is 2.21. The van der Waals surface area contributed by atoms with Crippen LogP contribution in [0.4, 0.5) is 5.69 Å². The number of benzene rings is 1. The first kappa shape index (κ1) is 16.8. The molecule has 0 saturated carbocycles. The van der Waals surface area contributed by atoms with Crippen molar-refractivity contribution in [3.8, 4) is 0 Å². The summed E-state index contributed by atoms with van der Waals surface area (Å²) in [7, 11) is 1.80. The first-order valence-corrected chi connectivity index (χ1v) is 8.14. The average Bonchev–Trinajstić information content (AvgIpc) is 3.14. The standard InChI is InChI=1S/C20H21N3O2/c1-15-18(20(24)23(2)13-17-8-10-25-14-17)6-3-7-19(15)22-12-16-5-4-9-21-11-16/h3-11,14,22H,12-13H2,1-2H3. The molecule has 3 rings (SSSR count). The van der Waals surface area contributed by atoms with Crippen molar-refractivity contribution in [3.05, 3.63) is 83.6 Å². The predicted molar refractivity (Wildman–Crippen MR) is 97.2 cm³/mol. The number of carbonyl (C=O) groups is 1. The Morgan fingerprint density at radius 3 is 2.80 bits per heavy atom. The molecule has 0 bridgehead atoms. The molecule has 2 aromatic heterocycles. The molecule has 0 aliphatic rings. The van der Waals surface area contributed by atoms with Gasteiger partial charge in [-0.2, -0.15) is 0 Å². The number of furan rings is 1. The minimum atomic E-state index is -0.0104. The highest BCUT2D eigenvalue weighted by Gasteiger charge is 2.16. The number of nitrogens with one attached hydrogen (secondary N) is 1. The van der Waals surface area contributed by atoms with E-state index >= 15 is 0 Å².